The minimum Gasteiger partial charge on any atom is -0.383 e. The molecule has 3 aromatic rings. The van der Waals surface area contributed by atoms with E-state index in [4.69, 9.17) is 17.0 Å². The van der Waals surface area contributed by atoms with E-state index in [1.165, 1.54) is 5.69 Å². The van der Waals surface area contributed by atoms with Gasteiger partial charge in [-0.3, -0.25) is 9.97 Å². The van der Waals surface area contributed by atoms with Crippen LogP contribution in [-0.2, 0) is 17.8 Å². The Hall–Kier alpha value is -2.77. The molecule has 144 valence electrons. The molecular weight excluding hydrogens is 370 g/mol. The number of methoxy groups -OCH3 is 1. The third-order valence-corrected chi connectivity index (χ3v) is 5.31. The van der Waals surface area contributed by atoms with Crippen molar-refractivity contribution >= 4 is 17.3 Å². The fourth-order valence-corrected chi connectivity index (χ4v) is 3.96. The van der Waals surface area contributed by atoms with Gasteiger partial charge < -0.3 is 19.5 Å². The Morgan fingerprint density at radius 2 is 1.89 bits per heavy atom. The molecule has 7 heteroatoms. The van der Waals surface area contributed by atoms with Crippen molar-refractivity contribution in [3.8, 4) is 0 Å². The van der Waals surface area contributed by atoms with E-state index in [0.29, 0.717) is 18.3 Å². The SMILES string of the molecule is COCCn1cccc1[C@@H]1[C@@H](c2ccccn2)NC(=S)N1Cc1ccccn1. The van der Waals surface area contributed by atoms with Gasteiger partial charge in [0, 0.05) is 37.9 Å². The number of hydrogen-bond acceptors (Lipinski definition) is 4. The molecule has 1 fully saturated rings. The van der Waals surface area contributed by atoms with Crippen LogP contribution in [0.3, 0.4) is 0 Å². The molecule has 0 saturated carbocycles. The lowest BCUT2D eigenvalue weighted by atomic mass is 10.0. The van der Waals surface area contributed by atoms with Crippen LogP contribution in [0.2, 0.25) is 0 Å². The number of thiocarbonyl (C=S) groups is 1. The molecule has 0 radical (unpaired) electrons. The molecule has 0 amide bonds. The fourth-order valence-electron chi connectivity index (χ4n) is 3.65. The average molecular weight is 394 g/mol. The summed E-state index contributed by atoms with van der Waals surface area (Å²) in [5, 5.41) is 4.20. The maximum Gasteiger partial charge on any atom is 0.170 e. The van der Waals surface area contributed by atoms with E-state index in [0.717, 1.165) is 17.9 Å². The highest BCUT2D eigenvalue weighted by Gasteiger charge is 2.41. The van der Waals surface area contributed by atoms with Gasteiger partial charge in [0.25, 0.3) is 0 Å². The zero-order valence-electron chi connectivity index (χ0n) is 15.7. The molecule has 4 heterocycles. The van der Waals surface area contributed by atoms with Crippen LogP contribution in [0.4, 0.5) is 0 Å². The summed E-state index contributed by atoms with van der Waals surface area (Å²) in [6, 6.07) is 16.1. The summed E-state index contributed by atoms with van der Waals surface area (Å²) in [6.45, 7) is 2.07. The second-order valence-corrected chi connectivity index (χ2v) is 7.08. The first-order chi connectivity index (χ1) is 13.8. The van der Waals surface area contributed by atoms with E-state index in [-0.39, 0.29) is 12.1 Å². The standard InChI is InChI=1S/C21H23N5OS/c1-27-14-13-25-12-6-9-18(25)20-19(17-8-3-5-11-23-17)24-21(28)26(20)15-16-7-2-4-10-22-16/h2-12,19-20H,13-15H2,1H3,(H,24,28)/t19-,20-/m1/s1. The predicted octanol–water partition coefficient (Wildman–Crippen LogP) is 3.10. The lowest BCUT2D eigenvalue weighted by Crippen LogP contribution is -2.30. The summed E-state index contributed by atoms with van der Waals surface area (Å²) >= 11 is 5.72. The first-order valence-electron chi connectivity index (χ1n) is 9.30. The molecule has 1 aliphatic rings. The summed E-state index contributed by atoms with van der Waals surface area (Å²) < 4.78 is 7.52. The van der Waals surface area contributed by atoms with Crippen LogP contribution in [0.15, 0.2) is 67.1 Å². The summed E-state index contributed by atoms with van der Waals surface area (Å²) in [6.07, 6.45) is 5.72. The highest BCUT2D eigenvalue weighted by Crippen LogP contribution is 2.39. The third-order valence-electron chi connectivity index (χ3n) is 4.96. The lowest BCUT2D eigenvalue weighted by molar-refractivity contribution is 0.183. The molecular formula is C21H23N5OS. The maximum atomic E-state index is 5.72. The molecule has 0 spiro atoms. The van der Waals surface area contributed by atoms with Crippen LogP contribution >= 0.6 is 12.2 Å². The van der Waals surface area contributed by atoms with Gasteiger partial charge in [0.1, 0.15) is 0 Å². The van der Waals surface area contributed by atoms with Crippen LogP contribution < -0.4 is 5.32 Å². The third kappa shape index (κ3) is 3.76. The minimum atomic E-state index is -0.0337. The smallest absolute Gasteiger partial charge is 0.170 e. The highest BCUT2D eigenvalue weighted by molar-refractivity contribution is 7.80. The van der Waals surface area contributed by atoms with Crippen molar-refractivity contribution in [2.24, 2.45) is 0 Å². The normalized spacial score (nSPS) is 19.0. The van der Waals surface area contributed by atoms with E-state index >= 15 is 0 Å². The van der Waals surface area contributed by atoms with Gasteiger partial charge in [-0.1, -0.05) is 12.1 Å². The zero-order chi connectivity index (χ0) is 19.3. The molecule has 1 saturated heterocycles. The van der Waals surface area contributed by atoms with Crippen molar-refractivity contribution in [3.63, 3.8) is 0 Å². The van der Waals surface area contributed by atoms with Gasteiger partial charge >= 0.3 is 0 Å². The molecule has 0 bridgehead atoms. The maximum absolute atomic E-state index is 5.72. The average Bonchev–Trinajstić information content (AvgIpc) is 3.32. The van der Waals surface area contributed by atoms with Crippen LogP contribution in [0.25, 0.3) is 0 Å². The van der Waals surface area contributed by atoms with E-state index in [9.17, 15) is 0 Å². The number of ether oxygens (including phenoxy) is 1. The molecule has 6 nitrogen and oxygen atoms in total. The molecule has 0 aromatic carbocycles. The summed E-state index contributed by atoms with van der Waals surface area (Å²) in [7, 11) is 1.72. The van der Waals surface area contributed by atoms with Gasteiger partial charge in [0.15, 0.2) is 5.11 Å². The first kappa shape index (κ1) is 18.6. The van der Waals surface area contributed by atoms with Crippen molar-refractivity contribution in [1.82, 2.24) is 24.8 Å². The Kier molecular flexibility index (Phi) is 5.64. The number of rotatable bonds is 7. The second-order valence-electron chi connectivity index (χ2n) is 6.69. The summed E-state index contributed by atoms with van der Waals surface area (Å²) in [5.74, 6) is 0. The van der Waals surface area contributed by atoms with Crippen molar-refractivity contribution in [3.05, 3.63) is 84.2 Å². The Bertz CT molecular complexity index is 915. The van der Waals surface area contributed by atoms with Crippen molar-refractivity contribution < 1.29 is 4.74 Å². The van der Waals surface area contributed by atoms with E-state index in [2.05, 4.69) is 43.1 Å². The first-order valence-corrected chi connectivity index (χ1v) is 9.70. The van der Waals surface area contributed by atoms with Gasteiger partial charge in [-0.25, -0.2) is 0 Å². The Balaban J connectivity index is 1.72. The summed E-state index contributed by atoms with van der Waals surface area (Å²) in [4.78, 5) is 11.3. The minimum absolute atomic E-state index is 0.0104. The monoisotopic (exact) mass is 393 g/mol. The van der Waals surface area contributed by atoms with Gasteiger partial charge in [-0.2, -0.15) is 0 Å². The Morgan fingerprint density at radius 1 is 1.07 bits per heavy atom. The highest BCUT2D eigenvalue weighted by atomic mass is 32.1. The fraction of sp³-hybridized carbons (Fsp3) is 0.286. The number of hydrogen-bond donors (Lipinski definition) is 1. The largest absolute Gasteiger partial charge is 0.383 e. The second kappa shape index (κ2) is 8.50. The number of nitrogens with zero attached hydrogens (tertiary/aromatic N) is 4. The van der Waals surface area contributed by atoms with Crippen LogP contribution in [0, 0.1) is 0 Å². The number of nitrogens with one attached hydrogen (secondary N) is 1. The number of aromatic nitrogens is 3. The molecule has 1 N–H and O–H groups in total. The molecule has 4 rings (SSSR count). The zero-order valence-corrected chi connectivity index (χ0v) is 16.5. The Morgan fingerprint density at radius 3 is 2.61 bits per heavy atom. The Labute approximate surface area is 170 Å². The van der Waals surface area contributed by atoms with Gasteiger partial charge in [0.2, 0.25) is 0 Å². The molecule has 3 aromatic heterocycles. The van der Waals surface area contributed by atoms with E-state index in [1.807, 2.05) is 48.8 Å². The quantitative estimate of drug-likeness (QED) is 0.623. The van der Waals surface area contributed by atoms with Crippen molar-refractivity contribution in [1.29, 1.82) is 0 Å². The molecule has 1 aliphatic heterocycles. The van der Waals surface area contributed by atoms with E-state index < -0.39 is 0 Å². The lowest BCUT2D eigenvalue weighted by Gasteiger charge is -2.28. The number of pyridine rings is 2. The summed E-state index contributed by atoms with van der Waals surface area (Å²) in [5.41, 5.74) is 3.13. The molecule has 2 atom stereocenters. The van der Waals surface area contributed by atoms with Crippen LogP contribution in [-0.4, -0.2) is 38.3 Å². The molecule has 28 heavy (non-hydrogen) atoms. The predicted molar refractivity (Wildman–Crippen MR) is 112 cm³/mol. The topological polar surface area (TPSA) is 55.2 Å². The van der Waals surface area contributed by atoms with Gasteiger partial charge in [0.05, 0.1) is 36.6 Å². The molecule has 0 aliphatic carbocycles. The van der Waals surface area contributed by atoms with Gasteiger partial charge in [-0.05, 0) is 48.6 Å². The van der Waals surface area contributed by atoms with Gasteiger partial charge in [-0.15, -0.1) is 0 Å². The van der Waals surface area contributed by atoms with Crippen molar-refractivity contribution in [2.75, 3.05) is 13.7 Å². The van der Waals surface area contributed by atoms with Crippen molar-refractivity contribution in [2.45, 2.75) is 25.2 Å². The molecule has 0 unspecified atom stereocenters. The van der Waals surface area contributed by atoms with Crippen LogP contribution in [0.5, 0.6) is 0 Å². The van der Waals surface area contributed by atoms with Crippen LogP contribution in [0.1, 0.15) is 29.2 Å². The van der Waals surface area contributed by atoms with E-state index in [1.54, 1.807) is 7.11 Å².